The number of nitrogens with one attached hydrogen (secondary N) is 1. The minimum atomic E-state index is -0.337. The quantitative estimate of drug-likeness (QED) is 0.901. The number of nitrogens with zero attached hydrogens (tertiary/aromatic N) is 1. The fraction of sp³-hybridized carbons (Fsp3) is 0.579. The van der Waals surface area contributed by atoms with Crippen LogP contribution in [0.4, 0.5) is 10.5 Å². The molecule has 3 rings (SSSR count). The molecular formula is C19H26N2O3. The first-order valence-electron chi connectivity index (χ1n) is 9.02. The first kappa shape index (κ1) is 16.8. The summed E-state index contributed by atoms with van der Waals surface area (Å²) < 4.78 is 5.39. The lowest BCUT2D eigenvalue weighted by atomic mass is 9.88. The first-order chi connectivity index (χ1) is 11.7. The Hall–Kier alpha value is -2.04. The maximum atomic E-state index is 12.2. The van der Waals surface area contributed by atoms with Crippen LogP contribution in [-0.2, 0) is 16.0 Å². The number of hydrogen-bond donors (Lipinski definition) is 1. The molecule has 1 heterocycles. The molecule has 5 nitrogen and oxygen atoms in total. The molecule has 1 aliphatic carbocycles. The Kier molecular flexibility index (Phi) is 5.38. The van der Waals surface area contributed by atoms with Crippen molar-refractivity contribution in [3.8, 4) is 0 Å². The van der Waals surface area contributed by atoms with Crippen LogP contribution in [0.2, 0.25) is 0 Å². The number of aryl methyl sites for hydroxylation is 1. The summed E-state index contributed by atoms with van der Waals surface area (Å²) in [5.41, 5.74) is 2.08. The van der Waals surface area contributed by atoms with Crippen molar-refractivity contribution in [3.05, 3.63) is 29.8 Å². The van der Waals surface area contributed by atoms with Crippen molar-refractivity contribution in [1.82, 2.24) is 5.32 Å². The van der Waals surface area contributed by atoms with Gasteiger partial charge in [0, 0.05) is 11.6 Å². The number of carbonyl (C=O) groups is 2. The predicted molar refractivity (Wildman–Crippen MR) is 93.0 cm³/mol. The molecule has 0 aromatic heterocycles. The molecule has 1 aliphatic heterocycles. The van der Waals surface area contributed by atoms with Gasteiger partial charge in [0.25, 0.3) is 0 Å². The number of amides is 2. The van der Waals surface area contributed by atoms with E-state index in [1.165, 1.54) is 12.0 Å². The molecule has 0 spiro atoms. The van der Waals surface area contributed by atoms with Gasteiger partial charge in [0.05, 0.1) is 13.1 Å². The third kappa shape index (κ3) is 3.89. The molecule has 130 valence electrons. The topological polar surface area (TPSA) is 58.6 Å². The van der Waals surface area contributed by atoms with E-state index in [1.807, 2.05) is 24.3 Å². The second kappa shape index (κ2) is 7.69. The third-order valence-electron chi connectivity index (χ3n) is 5.01. The third-order valence-corrected chi connectivity index (χ3v) is 5.01. The summed E-state index contributed by atoms with van der Waals surface area (Å²) in [5, 5.41) is 2.96. The summed E-state index contributed by atoms with van der Waals surface area (Å²) in [4.78, 5) is 25.9. The number of cyclic esters (lactones) is 1. The van der Waals surface area contributed by atoms with Crippen LogP contribution in [0, 0.1) is 5.92 Å². The fourth-order valence-corrected chi connectivity index (χ4v) is 3.47. The van der Waals surface area contributed by atoms with Gasteiger partial charge in [-0.05, 0) is 37.0 Å². The SMILES string of the molecule is CCc1ccc(N2CC(CNC(=O)C3CCCCC3)OC2=O)cc1. The Balaban J connectivity index is 1.51. The van der Waals surface area contributed by atoms with Crippen molar-refractivity contribution in [2.24, 2.45) is 5.92 Å². The molecule has 1 N–H and O–H groups in total. The van der Waals surface area contributed by atoms with Crippen molar-refractivity contribution in [2.45, 2.75) is 51.6 Å². The zero-order valence-corrected chi connectivity index (χ0v) is 14.3. The van der Waals surface area contributed by atoms with Crippen LogP contribution in [-0.4, -0.2) is 31.2 Å². The smallest absolute Gasteiger partial charge is 0.414 e. The van der Waals surface area contributed by atoms with Crippen LogP contribution >= 0.6 is 0 Å². The number of rotatable bonds is 5. The van der Waals surface area contributed by atoms with Crippen molar-refractivity contribution in [3.63, 3.8) is 0 Å². The van der Waals surface area contributed by atoms with Gasteiger partial charge in [-0.2, -0.15) is 0 Å². The van der Waals surface area contributed by atoms with E-state index in [1.54, 1.807) is 4.90 Å². The number of hydrogen-bond acceptors (Lipinski definition) is 3. The van der Waals surface area contributed by atoms with E-state index in [-0.39, 0.29) is 24.0 Å². The van der Waals surface area contributed by atoms with E-state index in [0.29, 0.717) is 13.1 Å². The zero-order valence-electron chi connectivity index (χ0n) is 14.3. The van der Waals surface area contributed by atoms with E-state index in [0.717, 1.165) is 37.8 Å². The highest BCUT2D eigenvalue weighted by atomic mass is 16.6. The molecule has 24 heavy (non-hydrogen) atoms. The minimum Gasteiger partial charge on any atom is -0.442 e. The number of ether oxygens (including phenoxy) is 1. The number of benzene rings is 1. The van der Waals surface area contributed by atoms with E-state index in [9.17, 15) is 9.59 Å². The fourth-order valence-electron chi connectivity index (χ4n) is 3.47. The molecule has 1 atom stereocenters. The lowest BCUT2D eigenvalue weighted by molar-refractivity contribution is -0.126. The molecule has 1 saturated heterocycles. The van der Waals surface area contributed by atoms with Crippen LogP contribution in [0.5, 0.6) is 0 Å². The molecule has 5 heteroatoms. The zero-order chi connectivity index (χ0) is 16.9. The Bertz CT molecular complexity index is 579. The first-order valence-corrected chi connectivity index (χ1v) is 9.02. The average molecular weight is 330 g/mol. The molecule has 1 unspecified atom stereocenters. The number of carbonyl (C=O) groups excluding carboxylic acids is 2. The lowest BCUT2D eigenvalue weighted by Gasteiger charge is -2.21. The van der Waals surface area contributed by atoms with Gasteiger partial charge >= 0.3 is 6.09 Å². The molecule has 1 aromatic carbocycles. The molecule has 2 amide bonds. The van der Waals surface area contributed by atoms with Gasteiger partial charge in [-0.1, -0.05) is 38.3 Å². The van der Waals surface area contributed by atoms with Crippen LogP contribution in [0.15, 0.2) is 24.3 Å². The Labute approximate surface area is 143 Å². The van der Waals surface area contributed by atoms with Crippen molar-refractivity contribution in [2.75, 3.05) is 18.0 Å². The number of anilines is 1. The maximum absolute atomic E-state index is 12.2. The van der Waals surface area contributed by atoms with Gasteiger partial charge in [0.2, 0.25) is 5.91 Å². The van der Waals surface area contributed by atoms with Crippen LogP contribution < -0.4 is 10.2 Å². The molecule has 1 saturated carbocycles. The summed E-state index contributed by atoms with van der Waals surface area (Å²) in [7, 11) is 0. The predicted octanol–water partition coefficient (Wildman–Crippen LogP) is 3.27. The second-order valence-corrected chi connectivity index (χ2v) is 6.72. The molecule has 2 fully saturated rings. The van der Waals surface area contributed by atoms with Crippen LogP contribution in [0.25, 0.3) is 0 Å². The summed E-state index contributed by atoms with van der Waals surface area (Å²) >= 11 is 0. The summed E-state index contributed by atoms with van der Waals surface area (Å²) in [6.07, 6.45) is 5.82. The molecular weight excluding hydrogens is 304 g/mol. The van der Waals surface area contributed by atoms with Crippen molar-refractivity contribution < 1.29 is 14.3 Å². The summed E-state index contributed by atoms with van der Waals surface area (Å²) in [5.74, 6) is 0.241. The minimum absolute atomic E-state index is 0.108. The molecule has 1 aromatic rings. The summed E-state index contributed by atoms with van der Waals surface area (Å²) in [6, 6.07) is 7.95. The maximum Gasteiger partial charge on any atom is 0.414 e. The Morgan fingerprint density at radius 1 is 1.21 bits per heavy atom. The summed E-state index contributed by atoms with van der Waals surface area (Å²) in [6.45, 7) is 2.98. The van der Waals surface area contributed by atoms with Gasteiger partial charge in [-0.3, -0.25) is 9.69 Å². The van der Waals surface area contributed by atoms with E-state index in [2.05, 4.69) is 12.2 Å². The van der Waals surface area contributed by atoms with E-state index in [4.69, 9.17) is 4.74 Å². The normalized spacial score (nSPS) is 21.6. The Morgan fingerprint density at radius 2 is 1.92 bits per heavy atom. The standard InChI is InChI=1S/C19H26N2O3/c1-2-14-8-10-16(11-9-14)21-13-17(24-19(21)23)12-20-18(22)15-6-4-3-5-7-15/h8-11,15,17H,2-7,12-13H2,1H3,(H,20,22). The second-order valence-electron chi connectivity index (χ2n) is 6.72. The van der Waals surface area contributed by atoms with Crippen molar-refractivity contribution in [1.29, 1.82) is 0 Å². The van der Waals surface area contributed by atoms with Crippen molar-refractivity contribution >= 4 is 17.7 Å². The van der Waals surface area contributed by atoms with Crippen LogP contribution in [0.3, 0.4) is 0 Å². The largest absolute Gasteiger partial charge is 0.442 e. The monoisotopic (exact) mass is 330 g/mol. The van der Waals surface area contributed by atoms with E-state index < -0.39 is 0 Å². The van der Waals surface area contributed by atoms with Gasteiger partial charge in [0.1, 0.15) is 6.10 Å². The highest BCUT2D eigenvalue weighted by Crippen LogP contribution is 2.24. The highest BCUT2D eigenvalue weighted by Gasteiger charge is 2.33. The molecule has 0 radical (unpaired) electrons. The lowest BCUT2D eigenvalue weighted by Crippen LogP contribution is -2.38. The highest BCUT2D eigenvalue weighted by molar-refractivity contribution is 5.89. The van der Waals surface area contributed by atoms with Gasteiger partial charge in [0.15, 0.2) is 0 Å². The molecule has 2 aliphatic rings. The molecule has 0 bridgehead atoms. The van der Waals surface area contributed by atoms with E-state index >= 15 is 0 Å². The Morgan fingerprint density at radius 3 is 2.58 bits per heavy atom. The van der Waals surface area contributed by atoms with Gasteiger partial charge in [-0.25, -0.2) is 4.79 Å². The average Bonchev–Trinajstić information content (AvgIpc) is 3.01. The van der Waals surface area contributed by atoms with Gasteiger partial charge in [-0.15, -0.1) is 0 Å². The van der Waals surface area contributed by atoms with Gasteiger partial charge < -0.3 is 10.1 Å². The van der Waals surface area contributed by atoms with Crippen LogP contribution in [0.1, 0.15) is 44.6 Å².